The molecule has 7 nitrogen and oxygen atoms in total. The average Bonchev–Trinajstić information content (AvgIpc) is 3.14. The van der Waals surface area contributed by atoms with Crippen LogP contribution >= 0.6 is 0 Å². The van der Waals surface area contributed by atoms with Crippen LogP contribution in [-0.2, 0) is 0 Å². The molecule has 1 fully saturated rings. The van der Waals surface area contributed by atoms with Crippen LogP contribution in [0, 0.1) is 0 Å². The van der Waals surface area contributed by atoms with Gasteiger partial charge in [0.1, 0.15) is 5.82 Å². The number of nitrogens with one attached hydrogen (secondary N) is 1. The summed E-state index contributed by atoms with van der Waals surface area (Å²) in [6, 6.07) is 5.29. The van der Waals surface area contributed by atoms with E-state index in [-0.39, 0.29) is 5.91 Å². The van der Waals surface area contributed by atoms with Crippen molar-refractivity contribution in [2.24, 2.45) is 0 Å². The molecule has 0 atom stereocenters. The second-order valence-corrected chi connectivity index (χ2v) is 5.43. The Bertz CT molecular complexity index is 636. The molecule has 2 aromatic rings. The van der Waals surface area contributed by atoms with Crippen LogP contribution in [0.25, 0.3) is 0 Å². The van der Waals surface area contributed by atoms with E-state index in [1.807, 2.05) is 6.07 Å². The molecule has 0 aromatic carbocycles. The molecule has 2 aromatic heterocycles. The molecule has 1 N–H and O–H groups in total. The Morgan fingerprint density at radius 3 is 2.83 bits per heavy atom. The summed E-state index contributed by atoms with van der Waals surface area (Å²) in [4.78, 5) is 25.0. The molecular weight excluding hydrogens is 294 g/mol. The zero-order chi connectivity index (χ0) is 16.1. The molecule has 0 spiro atoms. The molecule has 1 amide bonds. The summed E-state index contributed by atoms with van der Waals surface area (Å²) in [5.74, 6) is 1.87. The summed E-state index contributed by atoms with van der Waals surface area (Å²) in [5, 5.41) is 3.26. The van der Waals surface area contributed by atoms with Gasteiger partial charge in [-0.05, 0) is 24.6 Å². The van der Waals surface area contributed by atoms with Crippen LogP contribution in [0.15, 0.2) is 35.1 Å². The maximum absolute atomic E-state index is 12.2. The average molecular weight is 315 g/mol. The predicted molar refractivity (Wildman–Crippen MR) is 87.6 cm³/mol. The maximum atomic E-state index is 12.2. The predicted octanol–water partition coefficient (Wildman–Crippen LogP) is 1.85. The van der Waals surface area contributed by atoms with Crippen molar-refractivity contribution >= 4 is 17.7 Å². The number of rotatable bonds is 5. The highest BCUT2D eigenvalue weighted by Crippen LogP contribution is 2.15. The van der Waals surface area contributed by atoms with Crippen molar-refractivity contribution in [2.75, 3.05) is 42.9 Å². The standard InChI is InChI=1S/C16H21N5O2/c1-2-6-17-14-5-7-18-16(19-14)21-10-8-20(9-11-21)15(22)13-4-3-12-23-13/h3-5,7,12H,2,6,8-11H2,1H3,(H,17,18,19). The molecule has 0 unspecified atom stereocenters. The van der Waals surface area contributed by atoms with E-state index in [1.165, 1.54) is 6.26 Å². The van der Waals surface area contributed by atoms with E-state index >= 15 is 0 Å². The third-order valence-corrected chi connectivity index (χ3v) is 3.78. The molecule has 7 heteroatoms. The van der Waals surface area contributed by atoms with Crippen molar-refractivity contribution in [2.45, 2.75) is 13.3 Å². The number of hydrogen-bond donors (Lipinski definition) is 1. The number of furan rings is 1. The number of hydrogen-bond acceptors (Lipinski definition) is 6. The summed E-state index contributed by atoms with van der Waals surface area (Å²) in [7, 11) is 0. The number of carbonyl (C=O) groups is 1. The Balaban J connectivity index is 1.59. The van der Waals surface area contributed by atoms with Crippen LogP contribution in [0.5, 0.6) is 0 Å². The molecule has 122 valence electrons. The Morgan fingerprint density at radius 2 is 2.13 bits per heavy atom. The molecule has 3 rings (SSSR count). The van der Waals surface area contributed by atoms with Crippen molar-refractivity contribution in [1.29, 1.82) is 0 Å². The van der Waals surface area contributed by atoms with E-state index in [4.69, 9.17) is 4.42 Å². The molecule has 0 saturated carbocycles. The fraction of sp³-hybridized carbons (Fsp3) is 0.438. The van der Waals surface area contributed by atoms with Gasteiger partial charge in [-0.3, -0.25) is 4.79 Å². The molecule has 0 bridgehead atoms. The summed E-state index contributed by atoms with van der Waals surface area (Å²) >= 11 is 0. The number of nitrogens with zero attached hydrogens (tertiary/aromatic N) is 4. The smallest absolute Gasteiger partial charge is 0.289 e. The molecule has 0 aliphatic carbocycles. The first-order chi connectivity index (χ1) is 11.3. The van der Waals surface area contributed by atoms with Crippen molar-refractivity contribution < 1.29 is 9.21 Å². The van der Waals surface area contributed by atoms with Crippen LogP contribution < -0.4 is 10.2 Å². The minimum Gasteiger partial charge on any atom is -0.459 e. The van der Waals surface area contributed by atoms with Gasteiger partial charge in [-0.15, -0.1) is 0 Å². The van der Waals surface area contributed by atoms with Gasteiger partial charge in [-0.1, -0.05) is 6.92 Å². The van der Waals surface area contributed by atoms with Gasteiger partial charge in [-0.2, -0.15) is 4.98 Å². The summed E-state index contributed by atoms with van der Waals surface area (Å²) in [5.41, 5.74) is 0. The Labute approximate surface area is 135 Å². The SMILES string of the molecule is CCCNc1ccnc(N2CCN(C(=O)c3ccco3)CC2)n1. The highest BCUT2D eigenvalue weighted by atomic mass is 16.3. The second-order valence-electron chi connectivity index (χ2n) is 5.43. The second kappa shape index (κ2) is 7.13. The van der Waals surface area contributed by atoms with Gasteiger partial charge < -0.3 is 19.5 Å². The third-order valence-electron chi connectivity index (χ3n) is 3.78. The minimum absolute atomic E-state index is 0.0612. The Kier molecular flexibility index (Phi) is 4.75. The first-order valence-electron chi connectivity index (χ1n) is 7.92. The zero-order valence-electron chi connectivity index (χ0n) is 13.2. The summed E-state index contributed by atoms with van der Waals surface area (Å²) in [6.07, 6.45) is 4.33. The Morgan fingerprint density at radius 1 is 1.30 bits per heavy atom. The number of aromatic nitrogens is 2. The quantitative estimate of drug-likeness (QED) is 0.907. The van der Waals surface area contributed by atoms with Gasteiger partial charge >= 0.3 is 0 Å². The number of amides is 1. The lowest BCUT2D eigenvalue weighted by Gasteiger charge is -2.34. The topological polar surface area (TPSA) is 74.5 Å². The van der Waals surface area contributed by atoms with Crippen LogP contribution in [-0.4, -0.2) is 53.5 Å². The van der Waals surface area contributed by atoms with Crippen LogP contribution in [0.4, 0.5) is 11.8 Å². The van der Waals surface area contributed by atoms with Gasteiger partial charge in [0.2, 0.25) is 5.95 Å². The zero-order valence-corrected chi connectivity index (χ0v) is 13.2. The van der Waals surface area contributed by atoms with E-state index in [0.29, 0.717) is 37.9 Å². The summed E-state index contributed by atoms with van der Waals surface area (Å²) < 4.78 is 5.18. The van der Waals surface area contributed by atoms with Crippen LogP contribution in [0.2, 0.25) is 0 Å². The first-order valence-corrected chi connectivity index (χ1v) is 7.92. The van der Waals surface area contributed by atoms with Gasteiger partial charge in [0.05, 0.1) is 6.26 Å². The van der Waals surface area contributed by atoms with Gasteiger partial charge in [-0.25, -0.2) is 4.98 Å². The van der Waals surface area contributed by atoms with Crippen LogP contribution in [0.1, 0.15) is 23.9 Å². The minimum atomic E-state index is -0.0612. The lowest BCUT2D eigenvalue weighted by molar-refractivity contribution is 0.0714. The largest absolute Gasteiger partial charge is 0.459 e. The van der Waals surface area contributed by atoms with Gasteiger partial charge in [0.15, 0.2) is 5.76 Å². The number of carbonyl (C=O) groups excluding carboxylic acids is 1. The van der Waals surface area contributed by atoms with Gasteiger partial charge in [0.25, 0.3) is 5.91 Å². The monoisotopic (exact) mass is 315 g/mol. The van der Waals surface area contributed by atoms with E-state index < -0.39 is 0 Å². The lowest BCUT2D eigenvalue weighted by atomic mass is 10.3. The fourth-order valence-electron chi connectivity index (χ4n) is 2.52. The number of piperazine rings is 1. The van der Waals surface area contributed by atoms with Crippen molar-refractivity contribution in [3.05, 3.63) is 36.4 Å². The van der Waals surface area contributed by atoms with Crippen molar-refractivity contribution in [1.82, 2.24) is 14.9 Å². The lowest BCUT2D eigenvalue weighted by Crippen LogP contribution is -2.49. The van der Waals surface area contributed by atoms with E-state index in [0.717, 1.165) is 18.8 Å². The maximum Gasteiger partial charge on any atom is 0.289 e. The molecular formula is C16H21N5O2. The van der Waals surface area contributed by atoms with Crippen molar-refractivity contribution in [3.63, 3.8) is 0 Å². The highest BCUT2D eigenvalue weighted by Gasteiger charge is 2.24. The highest BCUT2D eigenvalue weighted by molar-refractivity contribution is 5.91. The molecule has 1 aliphatic heterocycles. The molecule has 1 aliphatic rings. The van der Waals surface area contributed by atoms with E-state index in [9.17, 15) is 4.79 Å². The summed E-state index contributed by atoms with van der Waals surface area (Å²) in [6.45, 7) is 5.70. The molecule has 0 radical (unpaired) electrons. The van der Waals surface area contributed by atoms with E-state index in [1.54, 1.807) is 23.2 Å². The molecule has 3 heterocycles. The third kappa shape index (κ3) is 3.61. The fourth-order valence-corrected chi connectivity index (χ4v) is 2.52. The number of anilines is 2. The normalized spacial score (nSPS) is 14.8. The van der Waals surface area contributed by atoms with Crippen molar-refractivity contribution in [3.8, 4) is 0 Å². The Hall–Kier alpha value is -2.57. The van der Waals surface area contributed by atoms with Crippen LogP contribution in [0.3, 0.4) is 0 Å². The molecule has 1 saturated heterocycles. The van der Waals surface area contributed by atoms with Gasteiger partial charge in [0, 0.05) is 38.9 Å². The first kappa shape index (κ1) is 15.3. The molecule has 23 heavy (non-hydrogen) atoms. The van der Waals surface area contributed by atoms with E-state index in [2.05, 4.69) is 27.1 Å².